The summed E-state index contributed by atoms with van der Waals surface area (Å²) in [5.74, 6) is -0.681. The lowest BCUT2D eigenvalue weighted by atomic mass is 10.1. The summed E-state index contributed by atoms with van der Waals surface area (Å²) >= 11 is 1.01. The van der Waals surface area contributed by atoms with Crippen LogP contribution in [-0.4, -0.2) is 38.9 Å². The Morgan fingerprint density at radius 1 is 1.04 bits per heavy atom. The lowest BCUT2D eigenvalue weighted by Gasteiger charge is -2.13. The van der Waals surface area contributed by atoms with Gasteiger partial charge in [0.1, 0.15) is 0 Å². The molecule has 1 aromatic heterocycles. The Hall–Kier alpha value is -3.07. The van der Waals surface area contributed by atoms with E-state index in [9.17, 15) is 14.7 Å². The SMILES string of the molecule is COc1cc(C(=O)N/N=C(/C)c2ccc(C(=O)[O-])s2)cc(OC)c1OC. The molecule has 1 aromatic carbocycles. The van der Waals surface area contributed by atoms with Crippen molar-refractivity contribution in [2.45, 2.75) is 6.92 Å². The van der Waals surface area contributed by atoms with Crippen molar-refractivity contribution in [1.82, 2.24) is 5.43 Å². The highest BCUT2D eigenvalue weighted by Gasteiger charge is 2.17. The number of ether oxygens (including phenoxy) is 3. The summed E-state index contributed by atoms with van der Waals surface area (Å²) in [4.78, 5) is 23.9. The van der Waals surface area contributed by atoms with Crippen LogP contribution < -0.4 is 24.7 Å². The minimum absolute atomic E-state index is 0.0884. The smallest absolute Gasteiger partial charge is 0.271 e. The fourth-order valence-corrected chi connectivity index (χ4v) is 2.89. The molecule has 0 aliphatic heterocycles. The fourth-order valence-electron chi connectivity index (χ4n) is 2.11. The zero-order chi connectivity index (χ0) is 19.3. The number of methoxy groups -OCH3 is 3. The Bertz CT molecular complexity index is 834. The second-order valence-electron chi connectivity index (χ2n) is 5.00. The van der Waals surface area contributed by atoms with E-state index in [-0.39, 0.29) is 10.4 Å². The van der Waals surface area contributed by atoms with Crippen molar-refractivity contribution in [1.29, 1.82) is 0 Å². The van der Waals surface area contributed by atoms with Crippen LogP contribution >= 0.6 is 11.3 Å². The number of nitrogens with zero attached hydrogens (tertiary/aromatic N) is 1. The molecule has 1 amide bonds. The van der Waals surface area contributed by atoms with Crippen LogP contribution in [-0.2, 0) is 0 Å². The summed E-state index contributed by atoms with van der Waals surface area (Å²) in [5.41, 5.74) is 3.14. The van der Waals surface area contributed by atoms with E-state index in [1.165, 1.54) is 39.5 Å². The molecule has 26 heavy (non-hydrogen) atoms. The van der Waals surface area contributed by atoms with Crippen molar-refractivity contribution in [3.63, 3.8) is 0 Å². The molecule has 2 aromatic rings. The number of benzene rings is 1. The van der Waals surface area contributed by atoms with E-state index < -0.39 is 11.9 Å². The van der Waals surface area contributed by atoms with E-state index in [0.717, 1.165) is 11.3 Å². The largest absolute Gasteiger partial charge is 0.544 e. The standard InChI is InChI=1S/C17H18N2O6S/c1-9(13-5-6-14(26-13)17(21)22)18-19-16(20)10-7-11(23-2)15(25-4)12(8-10)24-3/h5-8H,1-4H3,(H,19,20)(H,21,22)/p-1/b18-9-. The molecule has 8 nitrogen and oxygen atoms in total. The Morgan fingerprint density at radius 3 is 2.08 bits per heavy atom. The Balaban J connectivity index is 2.22. The van der Waals surface area contributed by atoms with Gasteiger partial charge in [0.15, 0.2) is 11.5 Å². The van der Waals surface area contributed by atoms with Crippen LogP contribution in [0.2, 0.25) is 0 Å². The number of thiophene rings is 1. The number of carboxylic acids is 1. The number of carbonyl (C=O) groups is 2. The minimum atomic E-state index is -1.25. The molecule has 2 rings (SSSR count). The monoisotopic (exact) mass is 377 g/mol. The molecule has 9 heteroatoms. The molecule has 0 fully saturated rings. The fraction of sp³-hybridized carbons (Fsp3) is 0.235. The maximum atomic E-state index is 12.4. The van der Waals surface area contributed by atoms with E-state index in [4.69, 9.17) is 14.2 Å². The van der Waals surface area contributed by atoms with E-state index in [1.807, 2.05) is 0 Å². The third-order valence-electron chi connectivity index (χ3n) is 3.42. The number of carboxylic acid groups (broad SMARTS) is 1. The van der Waals surface area contributed by atoms with E-state index in [2.05, 4.69) is 10.5 Å². The first-order valence-electron chi connectivity index (χ1n) is 7.37. The van der Waals surface area contributed by atoms with E-state index >= 15 is 0 Å². The zero-order valence-electron chi connectivity index (χ0n) is 14.6. The first kappa shape index (κ1) is 19.3. The average Bonchev–Trinajstić information content (AvgIpc) is 3.15. The molecule has 0 atom stereocenters. The number of hydrazone groups is 1. The highest BCUT2D eigenvalue weighted by Crippen LogP contribution is 2.38. The highest BCUT2D eigenvalue weighted by molar-refractivity contribution is 7.15. The van der Waals surface area contributed by atoms with Crippen molar-refractivity contribution in [3.05, 3.63) is 39.6 Å². The molecular formula is C17H17N2O6S-. The first-order valence-corrected chi connectivity index (χ1v) is 8.19. The van der Waals surface area contributed by atoms with Crippen LogP contribution in [0.4, 0.5) is 0 Å². The number of amides is 1. The van der Waals surface area contributed by atoms with Crippen LogP contribution in [0.25, 0.3) is 0 Å². The van der Waals surface area contributed by atoms with Crippen molar-refractivity contribution >= 4 is 28.9 Å². The first-order chi connectivity index (χ1) is 12.4. The topological polar surface area (TPSA) is 109 Å². The molecule has 138 valence electrons. The third kappa shape index (κ3) is 4.12. The van der Waals surface area contributed by atoms with E-state index in [0.29, 0.717) is 27.8 Å². The summed E-state index contributed by atoms with van der Waals surface area (Å²) in [6.45, 7) is 1.65. The van der Waals surface area contributed by atoms with Gasteiger partial charge in [-0.2, -0.15) is 5.10 Å². The van der Waals surface area contributed by atoms with Gasteiger partial charge in [-0.05, 0) is 31.2 Å². The number of hydrogen-bond donors (Lipinski definition) is 1. The molecule has 0 unspecified atom stereocenters. The van der Waals surface area contributed by atoms with Gasteiger partial charge in [0.25, 0.3) is 5.91 Å². The second kappa shape index (κ2) is 8.34. The lowest BCUT2D eigenvalue weighted by molar-refractivity contribution is -0.254. The molecule has 0 spiro atoms. The lowest BCUT2D eigenvalue weighted by Crippen LogP contribution is -2.20. The normalized spacial score (nSPS) is 11.0. The molecule has 1 heterocycles. The van der Waals surface area contributed by atoms with Crippen molar-refractivity contribution in [3.8, 4) is 17.2 Å². The van der Waals surface area contributed by atoms with Crippen molar-refractivity contribution < 1.29 is 28.9 Å². The second-order valence-corrected chi connectivity index (χ2v) is 6.09. The highest BCUT2D eigenvalue weighted by atomic mass is 32.1. The van der Waals surface area contributed by atoms with Crippen LogP contribution in [0.15, 0.2) is 29.4 Å². The van der Waals surface area contributed by atoms with Crippen molar-refractivity contribution in [2.24, 2.45) is 5.10 Å². The van der Waals surface area contributed by atoms with Crippen LogP contribution in [0, 0.1) is 0 Å². The van der Waals surface area contributed by atoms with Crippen LogP contribution in [0.3, 0.4) is 0 Å². The Labute approximate surface area is 154 Å². The van der Waals surface area contributed by atoms with Crippen LogP contribution in [0.1, 0.15) is 31.8 Å². The number of carbonyl (C=O) groups excluding carboxylic acids is 2. The predicted molar refractivity (Wildman–Crippen MR) is 94.4 cm³/mol. The number of aromatic carboxylic acids is 1. The molecule has 0 radical (unpaired) electrons. The molecule has 1 N–H and O–H groups in total. The van der Waals surface area contributed by atoms with Crippen LogP contribution in [0.5, 0.6) is 17.2 Å². The van der Waals surface area contributed by atoms with Gasteiger partial charge in [-0.3, -0.25) is 4.79 Å². The zero-order valence-corrected chi connectivity index (χ0v) is 15.4. The van der Waals surface area contributed by atoms with Gasteiger partial charge in [-0.1, -0.05) is 0 Å². The third-order valence-corrected chi connectivity index (χ3v) is 4.59. The molecule has 0 bridgehead atoms. The molecular weight excluding hydrogens is 360 g/mol. The van der Waals surface area contributed by atoms with Gasteiger partial charge in [0.2, 0.25) is 5.75 Å². The quantitative estimate of drug-likeness (QED) is 0.575. The maximum absolute atomic E-state index is 12.4. The number of rotatable bonds is 7. The predicted octanol–water partition coefficient (Wildman–Crippen LogP) is 1.29. The summed E-state index contributed by atoms with van der Waals surface area (Å²) in [5, 5.41) is 14.8. The minimum Gasteiger partial charge on any atom is -0.544 e. The van der Waals surface area contributed by atoms with Gasteiger partial charge in [-0.25, -0.2) is 5.43 Å². The Kier molecular flexibility index (Phi) is 6.18. The average molecular weight is 377 g/mol. The summed E-state index contributed by atoms with van der Waals surface area (Å²) in [6.07, 6.45) is 0. The molecule has 0 saturated heterocycles. The van der Waals surface area contributed by atoms with Gasteiger partial charge in [-0.15, -0.1) is 11.3 Å². The summed E-state index contributed by atoms with van der Waals surface area (Å²) in [7, 11) is 4.37. The number of nitrogens with one attached hydrogen (secondary N) is 1. The van der Waals surface area contributed by atoms with Gasteiger partial charge >= 0.3 is 0 Å². The van der Waals surface area contributed by atoms with Gasteiger partial charge in [0, 0.05) is 5.56 Å². The molecule has 0 saturated carbocycles. The molecule has 0 aliphatic rings. The van der Waals surface area contributed by atoms with Gasteiger partial charge < -0.3 is 24.1 Å². The number of hydrogen-bond acceptors (Lipinski definition) is 8. The molecule has 0 aliphatic carbocycles. The van der Waals surface area contributed by atoms with E-state index in [1.54, 1.807) is 13.0 Å². The maximum Gasteiger partial charge on any atom is 0.271 e. The van der Waals surface area contributed by atoms with Gasteiger partial charge in [0.05, 0.1) is 42.8 Å². The summed E-state index contributed by atoms with van der Waals surface area (Å²) in [6, 6.07) is 6.03. The van der Waals surface area contributed by atoms with Crippen molar-refractivity contribution in [2.75, 3.05) is 21.3 Å². The Morgan fingerprint density at radius 2 is 1.62 bits per heavy atom. The summed E-state index contributed by atoms with van der Waals surface area (Å²) < 4.78 is 15.6.